The number of benzene rings is 1. The molecule has 0 aliphatic heterocycles. The molecule has 0 saturated heterocycles. The summed E-state index contributed by atoms with van der Waals surface area (Å²) >= 11 is 0. The minimum absolute atomic E-state index is 0.000838. The summed E-state index contributed by atoms with van der Waals surface area (Å²) in [6, 6.07) is 8.45. The molecule has 0 aliphatic carbocycles. The van der Waals surface area contributed by atoms with Crippen molar-refractivity contribution in [3.05, 3.63) is 59.6 Å². The molecule has 2 aromatic rings. The van der Waals surface area contributed by atoms with Crippen molar-refractivity contribution in [2.75, 3.05) is 0 Å². The van der Waals surface area contributed by atoms with E-state index in [4.69, 9.17) is 4.42 Å². The van der Waals surface area contributed by atoms with Crippen molar-refractivity contribution in [3.8, 4) is 5.75 Å². The van der Waals surface area contributed by atoms with Crippen LogP contribution in [0.2, 0.25) is 0 Å². The lowest BCUT2D eigenvalue weighted by atomic mass is 10.1. The Kier molecular flexibility index (Phi) is 3.10. The number of aromatic hydroxyl groups is 1. The highest BCUT2D eigenvalue weighted by Crippen LogP contribution is 2.19. The smallest absolute Gasteiger partial charge is 0.189 e. The van der Waals surface area contributed by atoms with Crippen LogP contribution in [0.1, 0.15) is 21.7 Å². The molecule has 3 heteroatoms. The molecule has 2 rings (SSSR count). The first kappa shape index (κ1) is 11.2. The number of ketones is 1. The third-order valence-corrected chi connectivity index (χ3v) is 2.36. The summed E-state index contributed by atoms with van der Waals surface area (Å²) in [6.45, 7) is 1.85. The van der Waals surface area contributed by atoms with E-state index in [2.05, 4.69) is 0 Å². The van der Waals surface area contributed by atoms with Crippen LogP contribution in [0.3, 0.4) is 0 Å². The van der Waals surface area contributed by atoms with E-state index in [0.29, 0.717) is 11.3 Å². The first-order chi connectivity index (χ1) is 8.16. The van der Waals surface area contributed by atoms with Crippen molar-refractivity contribution in [2.24, 2.45) is 0 Å². The van der Waals surface area contributed by atoms with Crippen molar-refractivity contribution in [1.29, 1.82) is 0 Å². The molecule has 0 unspecified atom stereocenters. The molecule has 0 spiro atoms. The van der Waals surface area contributed by atoms with E-state index in [-0.39, 0.29) is 11.5 Å². The molecule has 0 atom stereocenters. The Bertz CT molecular complexity index is 551. The van der Waals surface area contributed by atoms with Gasteiger partial charge in [0.25, 0.3) is 0 Å². The topological polar surface area (TPSA) is 50.4 Å². The average molecular weight is 228 g/mol. The van der Waals surface area contributed by atoms with E-state index in [9.17, 15) is 9.90 Å². The van der Waals surface area contributed by atoms with Gasteiger partial charge in [0.15, 0.2) is 5.78 Å². The summed E-state index contributed by atoms with van der Waals surface area (Å²) in [7, 11) is 0. The van der Waals surface area contributed by atoms with Gasteiger partial charge in [0, 0.05) is 0 Å². The third kappa shape index (κ3) is 2.64. The van der Waals surface area contributed by atoms with Crippen molar-refractivity contribution >= 4 is 11.9 Å². The fourth-order valence-corrected chi connectivity index (χ4v) is 1.48. The quantitative estimate of drug-likeness (QED) is 0.648. The number of hydrogen-bond acceptors (Lipinski definition) is 3. The predicted molar refractivity (Wildman–Crippen MR) is 64.9 cm³/mol. The lowest BCUT2D eigenvalue weighted by Gasteiger charge is -2.01. The second-order valence-corrected chi connectivity index (χ2v) is 3.73. The Hall–Kier alpha value is -2.29. The fraction of sp³-hybridized carbons (Fsp3) is 0.0714. The number of phenols is 1. The number of rotatable bonds is 3. The highest BCUT2D eigenvalue weighted by atomic mass is 16.3. The van der Waals surface area contributed by atoms with Gasteiger partial charge in [0.1, 0.15) is 11.5 Å². The van der Waals surface area contributed by atoms with Gasteiger partial charge in [-0.15, -0.1) is 0 Å². The van der Waals surface area contributed by atoms with Gasteiger partial charge in [-0.05, 0) is 48.9 Å². The Morgan fingerprint density at radius 2 is 2.18 bits per heavy atom. The van der Waals surface area contributed by atoms with E-state index in [1.165, 1.54) is 12.3 Å². The zero-order valence-corrected chi connectivity index (χ0v) is 9.38. The monoisotopic (exact) mass is 228 g/mol. The first-order valence-electron chi connectivity index (χ1n) is 5.22. The largest absolute Gasteiger partial charge is 0.507 e. The predicted octanol–water partition coefficient (Wildman–Crippen LogP) is 3.19. The number of aryl methyl sites for hydroxylation is 1. The molecule has 86 valence electrons. The Balaban J connectivity index is 2.20. The summed E-state index contributed by atoms with van der Waals surface area (Å²) < 4.78 is 5.07. The van der Waals surface area contributed by atoms with Gasteiger partial charge in [0.2, 0.25) is 0 Å². The third-order valence-electron chi connectivity index (χ3n) is 2.36. The molecule has 17 heavy (non-hydrogen) atoms. The summed E-state index contributed by atoms with van der Waals surface area (Å²) in [6.07, 6.45) is 4.48. The first-order valence-corrected chi connectivity index (χ1v) is 5.22. The highest BCUT2D eigenvalue weighted by Gasteiger charge is 2.07. The molecule has 0 aliphatic rings. The molecule has 3 nitrogen and oxygen atoms in total. The van der Waals surface area contributed by atoms with E-state index in [1.807, 2.05) is 6.92 Å². The summed E-state index contributed by atoms with van der Waals surface area (Å²) in [5, 5.41) is 9.64. The molecule has 1 N–H and O–H groups in total. The number of phenolic OH excluding ortho intramolecular Hbond substituents is 1. The molecule has 0 saturated carbocycles. The Morgan fingerprint density at radius 1 is 1.35 bits per heavy atom. The molecule has 1 heterocycles. The second-order valence-electron chi connectivity index (χ2n) is 3.73. The Morgan fingerprint density at radius 3 is 2.82 bits per heavy atom. The summed E-state index contributed by atoms with van der Waals surface area (Å²) in [5.74, 6) is 0.350. The summed E-state index contributed by atoms with van der Waals surface area (Å²) in [5.41, 5.74) is 1.20. The standard InChI is InChI=1S/C14H12O3/c1-10-4-6-12(14(16)9-10)13(15)7-5-11-3-2-8-17-11/h2-9,16H,1H3/b7-5+. The van der Waals surface area contributed by atoms with E-state index in [0.717, 1.165) is 5.56 Å². The van der Waals surface area contributed by atoms with Crippen LogP contribution < -0.4 is 0 Å². The van der Waals surface area contributed by atoms with Gasteiger partial charge in [-0.3, -0.25) is 4.79 Å². The van der Waals surface area contributed by atoms with Crippen molar-refractivity contribution < 1.29 is 14.3 Å². The molecular weight excluding hydrogens is 216 g/mol. The van der Waals surface area contributed by atoms with Crippen LogP contribution in [0.15, 0.2) is 47.1 Å². The van der Waals surface area contributed by atoms with Crippen molar-refractivity contribution in [2.45, 2.75) is 6.92 Å². The maximum Gasteiger partial charge on any atom is 0.189 e. The van der Waals surface area contributed by atoms with Crippen molar-refractivity contribution in [1.82, 2.24) is 0 Å². The van der Waals surface area contributed by atoms with Crippen LogP contribution in [-0.2, 0) is 0 Å². The van der Waals surface area contributed by atoms with Crippen molar-refractivity contribution in [3.63, 3.8) is 0 Å². The van der Waals surface area contributed by atoms with E-state index >= 15 is 0 Å². The molecule has 0 fully saturated rings. The lowest BCUT2D eigenvalue weighted by Crippen LogP contribution is -1.94. The van der Waals surface area contributed by atoms with Crippen LogP contribution in [0.25, 0.3) is 6.08 Å². The number of furan rings is 1. The van der Waals surface area contributed by atoms with Gasteiger partial charge in [-0.25, -0.2) is 0 Å². The minimum atomic E-state index is -0.251. The number of hydrogen-bond donors (Lipinski definition) is 1. The van der Waals surface area contributed by atoms with Crippen LogP contribution in [-0.4, -0.2) is 10.9 Å². The van der Waals surface area contributed by atoms with Crippen LogP contribution in [0, 0.1) is 6.92 Å². The number of carbonyl (C=O) groups is 1. The number of carbonyl (C=O) groups excluding carboxylic acids is 1. The van der Waals surface area contributed by atoms with Gasteiger partial charge in [0.05, 0.1) is 11.8 Å². The maximum absolute atomic E-state index is 11.8. The highest BCUT2D eigenvalue weighted by molar-refractivity contribution is 6.08. The van der Waals surface area contributed by atoms with E-state index < -0.39 is 0 Å². The van der Waals surface area contributed by atoms with Crippen LogP contribution >= 0.6 is 0 Å². The Labute approximate surface area is 99.0 Å². The zero-order chi connectivity index (χ0) is 12.3. The van der Waals surface area contributed by atoms with Gasteiger partial charge >= 0.3 is 0 Å². The molecule has 0 bridgehead atoms. The molecule has 1 aromatic heterocycles. The fourth-order valence-electron chi connectivity index (χ4n) is 1.48. The normalized spacial score (nSPS) is 10.9. The maximum atomic E-state index is 11.8. The molecule has 0 radical (unpaired) electrons. The zero-order valence-electron chi connectivity index (χ0n) is 9.38. The minimum Gasteiger partial charge on any atom is -0.507 e. The lowest BCUT2D eigenvalue weighted by molar-refractivity contribution is 0.104. The van der Waals surface area contributed by atoms with Gasteiger partial charge in [-0.1, -0.05) is 6.07 Å². The van der Waals surface area contributed by atoms with E-state index in [1.54, 1.807) is 36.4 Å². The van der Waals surface area contributed by atoms with Gasteiger partial charge in [-0.2, -0.15) is 0 Å². The van der Waals surface area contributed by atoms with Gasteiger partial charge < -0.3 is 9.52 Å². The number of allylic oxidation sites excluding steroid dienone is 1. The molecule has 0 amide bonds. The SMILES string of the molecule is Cc1ccc(C(=O)/C=C/c2ccco2)c(O)c1. The van der Waals surface area contributed by atoms with Crippen LogP contribution in [0.5, 0.6) is 5.75 Å². The molecule has 1 aromatic carbocycles. The summed E-state index contributed by atoms with van der Waals surface area (Å²) in [4.78, 5) is 11.8. The molecular formula is C14H12O3. The average Bonchev–Trinajstić information content (AvgIpc) is 2.78. The van der Waals surface area contributed by atoms with Crippen LogP contribution in [0.4, 0.5) is 0 Å². The second kappa shape index (κ2) is 4.70.